The van der Waals surface area contributed by atoms with Crippen molar-refractivity contribution >= 4 is 32.7 Å². The largest absolute Gasteiger partial charge is 0.333 e. The summed E-state index contributed by atoms with van der Waals surface area (Å²) in [4.78, 5) is 27.1. The van der Waals surface area contributed by atoms with Gasteiger partial charge < -0.3 is 5.32 Å². The van der Waals surface area contributed by atoms with Crippen molar-refractivity contribution in [2.45, 2.75) is 29.9 Å². The van der Waals surface area contributed by atoms with Crippen molar-refractivity contribution in [1.82, 2.24) is 14.5 Å². The van der Waals surface area contributed by atoms with Gasteiger partial charge in [0.1, 0.15) is 6.04 Å². The van der Waals surface area contributed by atoms with Gasteiger partial charge in [-0.05, 0) is 34.9 Å². The molecule has 2 aliphatic rings. The van der Waals surface area contributed by atoms with Gasteiger partial charge in [-0.2, -0.15) is 4.31 Å². The van der Waals surface area contributed by atoms with Crippen LogP contribution in [0.5, 0.6) is 0 Å². The minimum Gasteiger partial charge on any atom is -0.333 e. The van der Waals surface area contributed by atoms with Crippen molar-refractivity contribution in [1.29, 1.82) is 0 Å². The van der Waals surface area contributed by atoms with E-state index in [1.807, 2.05) is 54.6 Å². The molecule has 3 aromatic rings. The summed E-state index contributed by atoms with van der Waals surface area (Å²) in [6.07, 6.45) is 0.397. The second-order valence-corrected chi connectivity index (χ2v) is 9.71. The van der Waals surface area contributed by atoms with E-state index in [9.17, 15) is 18.0 Å². The lowest BCUT2D eigenvalue weighted by atomic mass is 10.1. The molecule has 31 heavy (non-hydrogen) atoms. The molecule has 0 saturated carbocycles. The number of urea groups is 1. The number of nitrogens with zero attached hydrogens (tertiary/aromatic N) is 2. The van der Waals surface area contributed by atoms with Crippen LogP contribution in [-0.4, -0.2) is 48.2 Å². The quantitative estimate of drug-likeness (QED) is 0.683. The van der Waals surface area contributed by atoms with Gasteiger partial charge in [-0.25, -0.2) is 13.2 Å². The highest BCUT2D eigenvalue weighted by atomic mass is 32.2. The number of rotatable bonds is 4. The summed E-state index contributed by atoms with van der Waals surface area (Å²) >= 11 is 0. The summed E-state index contributed by atoms with van der Waals surface area (Å²) in [6, 6.07) is 19.7. The number of carbonyl (C=O) groups is 2. The lowest BCUT2D eigenvalue weighted by Crippen LogP contribution is -2.64. The third-order valence-electron chi connectivity index (χ3n) is 5.94. The minimum atomic E-state index is -3.91. The topological polar surface area (TPSA) is 86.8 Å². The summed E-state index contributed by atoms with van der Waals surface area (Å²) in [5.41, 5.74) is 0.798. The molecule has 0 unspecified atom stereocenters. The van der Waals surface area contributed by atoms with Crippen LogP contribution in [0.4, 0.5) is 4.79 Å². The van der Waals surface area contributed by atoms with Crippen LogP contribution in [0.15, 0.2) is 77.7 Å². The van der Waals surface area contributed by atoms with Gasteiger partial charge in [0.2, 0.25) is 10.0 Å². The predicted molar refractivity (Wildman–Crippen MR) is 116 cm³/mol. The van der Waals surface area contributed by atoms with Crippen LogP contribution in [0.2, 0.25) is 0 Å². The van der Waals surface area contributed by atoms with Crippen molar-refractivity contribution in [3.05, 3.63) is 78.4 Å². The number of hydrogen-bond acceptors (Lipinski definition) is 4. The smallest absolute Gasteiger partial charge is 0.324 e. The highest BCUT2D eigenvalue weighted by molar-refractivity contribution is 7.89. The molecule has 8 heteroatoms. The van der Waals surface area contributed by atoms with E-state index in [4.69, 9.17) is 0 Å². The molecule has 0 aliphatic carbocycles. The zero-order valence-corrected chi connectivity index (χ0v) is 17.5. The third-order valence-corrected chi connectivity index (χ3v) is 7.81. The Morgan fingerprint density at radius 1 is 0.903 bits per heavy atom. The maximum absolute atomic E-state index is 13.5. The van der Waals surface area contributed by atoms with Crippen molar-refractivity contribution < 1.29 is 18.0 Å². The van der Waals surface area contributed by atoms with Gasteiger partial charge in [0, 0.05) is 6.54 Å². The van der Waals surface area contributed by atoms with E-state index < -0.39 is 34.0 Å². The number of benzene rings is 3. The normalized spacial score (nSPS) is 21.9. The summed E-state index contributed by atoms with van der Waals surface area (Å²) in [5, 5.41) is 4.58. The molecule has 0 bridgehead atoms. The number of sulfonamides is 1. The van der Waals surface area contributed by atoms with Crippen LogP contribution >= 0.6 is 0 Å². The van der Waals surface area contributed by atoms with E-state index in [1.54, 1.807) is 18.2 Å². The molecule has 158 valence electrons. The van der Waals surface area contributed by atoms with Gasteiger partial charge in [0.25, 0.3) is 5.91 Å². The monoisotopic (exact) mass is 435 g/mol. The minimum absolute atomic E-state index is 0.0958. The van der Waals surface area contributed by atoms with Gasteiger partial charge in [-0.1, -0.05) is 60.7 Å². The van der Waals surface area contributed by atoms with Gasteiger partial charge >= 0.3 is 6.03 Å². The number of nitrogens with one attached hydrogen (secondary N) is 1. The van der Waals surface area contributed by atoms with E-state index in [-0.39, 0.29) is 18.0 Å². The molecule has 0 aromatic heterocycles. The van der Waals surface area contributed by atoms with Crippen LogP contribution in [0.3, 0.4) is 0 Å². The number of fused-ring (bicyclic) bond motifs is 2. The summed E-state index contributed by atoms with van der Waals surface area (Å²) in [6.45, 7) is 0.272. The van der Waals surface area contributed by atoms with E-state index in [0.717, 1.165) is 21.2 Å². The number of amides is 3. The number of carbonyl (C=O) groups excluding carboxylic acids is 2. The number of imide groups is 1. The maximum atomic E-state index is 13.5. The Morgan fingerprint density at radius 2 is 1.61 bits per heavy atom. The van der Waals surface area contributed by atoms with Crippen molar-refractivity contribution in [3.63, 3.8) is 0 Å². The Morgan fingerprint density at radius 3 is 2.39 bits per heavy atom. The molecular formula is C23H21N3O4S. The van der Waals surface area contributed by atoms with Gasteiger partial charge in [-0.15, -0.1) is 0 Å². The zero-order chi connectivity index (χ0) is 21.6. The number of hydrogen-bond donors (Lipinski definition) is 1. The predicted octanol–water partition coefficient (Wildman–Crippen LogP) is 2.72. The molecule has 5 rings (SSSR count). The Bertz CT molecular complexity index is 1280. The van der Waals surface area contributed by atoms with Crippen molar-refractivity contribution in [2.24, 2.45) is 0 Å². The van der Waals surface area contributed by atoms with Crippen molar-refractivity contribution in [3.8, 4) is 0 Å². The highest BCUT2D eigenvalue weighted by Crippen LogP contribution is 2.31. The molecule has 1 N–H and O–H groups in total. The Labute approximate surface area is 180 Å². The molecule has 7 nitrogen and oxygen atoms in total. The van der Waals surface area contributed by atoms with Crippen LogP contribution in [0.1, 0.15) is 12.0 Å². The standard InChI is InChI=1S/C23H21N3O4S/c27-22-21-20(24-23(28)25(22)15-16-6-2-1-3-7-16)12-13-26(21)31(29,30)19-11-10-17-8-4-5-9-18(17)14-19/h1-11,14,20-21H,12-13,15H2,(H,24,28)/t20-,21+/m1/s1. The Balaban J connectivity index is 1.47. The first-order valence-electron chi connectivity index (χ1n) is 10.1. The fourth-order valence-corrected chi connectivity index (χ4v) is 6.02. The fraction of sp³-hybridized carbons (Fsp3) is 0.217. The van der Waals surface area contributed by atoms with Gasteiger partial charge in [0.15, 0.2) is 0 Å². The Hall–Kier alpha value is -3.23. The van der Waals surface area contributed by atoms with Crippen molar-refractivity contribution in [2.75, 3.05) is 6.54 Å². The van der Waals surface area contributed by atoms with Crippen LogP contribution < -0.4 is 5.32 Å². The van der Waals surface area contributed by atoms with E-state index in [2.05, 4.69) is 5.32 Å². The zero-order valence-electron chi connectivity index (χ0n) is 16.6. The first kappa shape index (κ1) is 19.7. The molecule has 2 aliphatic heterocycles. The lowest BCUT2D eigenvalue weighted by molar-refractivity contribution is -0.134. The molecule has 0 spiro atoms. The maximum Gasteiger partial charge on any atom is 0.324 e. The fourth-order valence-electron chi connectivity index (χ4n) is 4.36. The van der Waals surface area contributed by atoms with E-state index in [0.29, 0.717) is 6.42 Å². The third kappa shape index (κ3) is 3.37. The molecule has 2 saturated heterocycles. The first-order chi connectivity index (χ1) is 14.9. The average molecular weight is 436 g/mol. The average Bonchev–Trinajstić information content (AvgIpc) is 3.22. The molecule has 2 fully saturated rings. The van der Waals surface area contributed by atoms with Gasteiger partial charge in [0.05, 0.1) is 17.5 Å². The summed E-state index contributed by atoms with van der Waals surface area (Å²) < 4.78 is 28.2. The first-order valence-corrected chi connectivity index (χ1v) is 11.6. The molecule has 2 heterocycles. The lowest BCUT2D eigenvalue weighted by Gasteiger charge is -2.36. The highest BCUT2D eigenvalue weighted by Gasteiger charge is 2.51. The summed E-state index contributed by atoms with van der Waals surface area (Å²) in [7, 11) is -3.91. The molecule has 3 aromatic carbocycles. The van der Waals surface area contributed by atoms with Crippen LogP contribution in [0, 0.1) is 0 Å². The SMILES string of the molecule is O=C1N[C@@H]2CCN(S(=O)(=O)c3ccc4ccccc4c3)[C@@H]2C(=O)N1Cc1ccccc1. The Kier molecular flexibility index (Phi) is 4.75. The summed E-state index contributed by atoms with van der Waals surface area (Å²) in [5.74, 6) is -0.487. The van der Waals surface area contributed by atoms with E-state index >= 15 is 0 Å². The second kappa shape index (κ2) is 7.47. The van der Waals surface area contributed by atoms with E-state index in [1.165, 1.54) is 4.31 Å². The van der Waals surface area contributed by atoms with Gasteiger partial charge in [-0.3, -0.25) is 9.69 Å². The molecule has 2 atom stereocenters. The molecule has 3 amide bonds. The van der Waals surface area contributed by atoms with Crippen LogP contribution in [0.25, 0.3) is 10.8 Å². The molecule has 0 radical (unpaired) electrons. The van der Waals surface area contributed by atoms with Crippen LogP contribution in [-0.2, 0) is 21.4 Å². The molecular weight excluding hydrogens is 414 g/mol. The second-order valence-electron chi connectivity index (χ2n) is 7.82.